The Kier molecular flexibility index (Phi) is 13.4. The lowest BCUT2D eigenvalue weighted by Gasteiger charge is -2.25. The molecule has 0 aliphatic rings. The number of nitrogens with two attached hydrogens (primary N) is 2. The second kappa shape index (κ2) is 16.5. The Morgan fingerprint density at radius 3 is 2.23 bits per heavy atom. The van der Waals surface area contributed by atoms with Crippen LogP contribution in [0.15, 0.2) is 30.5 Å². The number of benzene rings is 1. The van der Waals surface area contributed by atoms with Crippen LogP contribution in [0.5, 0.6) is 0 Å². The van der Waals surface area contributed by atoms with Crippen LogP contribution < -0.4 is 27.4 Å². The molecule has 3 amide bonds. The highest BCUT2D eigenvalue weighted by Gasteiger charge is 2.31. The van der Waals surface area contributed by atoms with Crippen molar-refractivity contribution in [2.75, 3.05) is 18.6 Å². The van der Waals surface area contributed by atoms with Crippen molar-refractivity contribution in [2.45, 2.75) is 62.7 Å². The Hall–Kier alpha value is -3.62. The van der Waals surface area contributed by atoms with Crippen molar-refractivity contribution in [3.8, 4) is 0 Å². The number of hydrogen-bond donors (Lipinski definition) is 8. The number of carbonyl (C=O) groups is 5. The Morgan fingerprint density at radius 2 is 1.57 bits per heavy atom. The van der Waals surface area contributed by atoms with Gasteiger partial charge in [-0.05, 0) is 55.9 Å². The van der Waals surface area contributed by atoms with E-state index >= 15 is 0 Å². The molecule has 0 aliphatic heterocycles. The third-order valence-electron chi connectivity index (χ3n) is 6.27. The number of rotatable bonds is 18. The molecule has 2 rings (SSSR count). The van der Waals surface area contributed by atoms with E-state index in [-0.39, 0.29) is 19.3 Å². The number of aromatic nitrogens is 1. The Balaban J connectivity index is 2.30. The van der Waals surface area contributed by atoms with Gasteiger partial charge >= 0.3 is 11.9 Å². The number of unbranched alkanes of at least 4 members (excludes halogenated alkanes) is 1. The fourth-order valence-electron chi connectivity index (χ4n) is 4.09. The van der Waals surface area contributed by atoms with E-state index in [9.17, 15) is 29.1 Å². The molecule has 0 bridgehead atoms. The first kappa shape index (κ1) is 32.6. The number of nitrogens with one attached hydrogen (secondary N) is 4. The Bertz CT molecular complexity index is 1170. The fourth-order valence-corrected chi connectivity index (χ4v) is 4.56. The summed E-state index contributed by atoms with van der Waals surface area (Å²) in [5.74, 6) is -4.17. The van der Waals surface area contributed by atoms with E-state index in [1.165, 1.54) is 11.8 Å². The zero-order valence-electron chi connectivity index (χ0n) is 22.4. The highest BCUT2D eigenvalue weighted by Crippen LogP contribution is 2.19. The topological polar surface area (TPSA) is 230 Å². The molecule has 13 nitrogen and oxygen atoms in total. The van der Waals surface area contributed by atoms with Crippen LogP contribution in [0.1, 0.15) is 37.7 Å². The number of amides is 3. The molecule has 4 atom stereocenters. The van der Waals surface area contributed by atoms with Gasteiger partial charge in [0, 0.05) is 23.5 Å². The van der Waals surface area contributed by atoms with Crippen LogP contribution in [-0.4, -0.2) is 87.6 Å². The highest BCUT2D eigenvalue weighted by molar-refractivity contribution is 7.98. The maximum Gasteiger partial charge on any atom is 0.326 e. The van der Waals surface area contributed by atoms with E-state index in [1.54, 1.807) is 6.20 Å². The number of fused-ring (bicyclic) bond motifs is 1. The molecule has 0 spiro atoms. The maximum absolute atomic E-state index is 13.4. The lowest BCUT2D eigenvalue weighted by Crippen LogP contribution is -2.57. The van der Waals surface area contributed by atoms with Crippen LogP contribution in [0.4, 0.5) is 0 Å². The third-order valence-corrected chi connectivity index (χ3v) is 6.91. The summed E-state index contributed by atoms with van der Waals surface area (Å²) in [6.07, 6.45) is 4.34. The van der Waals surface area contributed by atoms with Gasteiger partial charge < -0.3 is 42.6 Å². The van der Waals surface area contributed by atoms with Crippen LogP contribution >= 0.6 is 11.8 Å². The van der Waals surface area contributed by atoms with E-state index < -0.39 is 60.2 Å². The van der Waals surface area contributed by atoms with Crippen LogP contribution in [0, 0.1) is 0 Å². The van der Waals surface area contributed by atoms with E-state index in [2.05, 4.69) is 20.9 Å². The first-order chi connectivity index (χ1) is 19.1. The lowest BCUT2D eigenvalue weighted by atomic mass is 10.0. The minimum Gasteiger partial charge on any atom is -0.481 e. The predicted molar refractivity (Wildman–Crippen MR) is 152 cm³/mol. The number of carboxylic acids is 2. The van der Waals surface area contributed by atoms with Crippen molar-refractivity contribution in [1.82, 2.24) is 20.9 Å². The molecule has 4 unspecified atom stereocenters. The number of hydrogen-bond acceptors (Lipinski definition) is 8. The van der Waals surface area contributed by atoms with Gasteiger partial charge in [0.25, 0.3) is 0 Å². The SMILES string of the molecule is CSCCC(NC(=O)C(Cc1c[nH]c2ccccc12)NC(=O)C(CCCCN)NC(=O)C(N)CC(=O)O)C(=O)O. The third kappa shape index (κ3) is 10.2. The van der Waals surface area contributed by atoms with Crippen molar-refractivity contribution in [3.05, 3.63) is 36.0 Å². The van der Waals surface area contributed by atoms with E-state index in [1.807, 2.05) is 30.5 Å². The van der Waals surface area contributed by atoms with Crippen LogP contribution in [0.2, 0.25) is 0 Å². The molecule has 40 heavy (non-hydrogen) atoms. The number of H-pyrrole nitrogens is 1. The van der Waals surface area contributed by atoms with Gasteiger partial charge in [0.1, 0.15) is 18.1 Å². The van der Waals surface area contributed by atoms with E-state index in [0.29, 0.717) is 25.1 Å². The minimum absolute atomic E-state index is 0.0401. The van der Waals surface area contributed by atoms with Gasteiger partial charge in [-0.1, -0.05) is 18.2 Å². The number of para-hydroxylation sites is 1. The van der Waals surface area contributed by atoms with E-state index in [0.717, 1.165) is 16.5 Å². The lowest BCUT2D eigenvalue weighted by molar-refractivity contribution is -0.142. The molecule has 14 heteroatoms. The average molecular weight is 579 g/mol. The molecule has 10 N–H and O–H groups in total. The summed E-state index contributed by atoms with van der Waals surface area (Å²) in [5, 5.41) is 27.1. The zero-order valence-corrected chi connectivity index (χ0v) is 23.2. The number of aliphatic carboxylic acids is 2. The molecule has 1 aromatic carbocycles. The smallest absolute Gasteiger partial charge is 0.326 e. The van der Waals surface area contributed by atoms with Crippen LogP contribution in [0.25, 0.3) is 10.9 Å². The fraction of sp³-hybridized carbons (Fsp3) is 0.500. The number of thioether (sulfide) groups is 1. The zero-order chi connectivity index (χ0) is 29.7. The summed E-state index contributed by atoms with van der Waals surface area (Å²) in [5.41, 5.74) is 12.8. The molecule has 1 aromatic heterocycles. The summed E-state index contributed by atoms with van der Waals surface area (Å²) < 4.78 is 0. The summed E-state index contributed by atoms with van der Waals surface area (Å²) in [6.45, 7) is 0.360. The molecule has 0 saturated heterocycles. The second-order valence-electron chi connectivity index (χ2n) is 9.36. The molecule has 0 fully saturated rings. The molecular formula is C26H38N6O7S. The summed E-state index contributed by atoms with van der Waals surface area (Å²) in [7, 11) is 0. The first-order valence-corrected chi connectivity index (χ1v) is 14.3. The predicted octanol–water partition coefficient (Wildman–Crippen LogP) is -0.0665. The van der Waals surface area contributed by atoms with E-state index in [4.69, 9.17) is 16.6 Å². The van der Waals surface area contributed by atoms with Gasteiger partial charge in [0.15, 0.2) is 0 Å². The number of carbonyl (C=O) groups excluding carboxylic acids is 3. The molecule has 0 saturated carbocycles. The van der Waals surface area contributed by atoms with Gasteiger partial charge in [0.05, 0.1) is 12.5 Å². The van der Waals surface area contributed by atoms with Crippen molar-refractivity contribution in [1.29, 1.82) is 0 Å². The minimum atomic E-state index is -1.37. The van der Waals surface area contributed by atoms with Gasteiger partial charge in [-0.3, -0.25) is 19.2 Å². The van der Waals surface area contributed by atoms with Gasteiger partial charge in [0.2, 0.25) is 17.7 Å². The monoisotopic (exact) mass is 578 g/mol. The van der Waals surface area contributed by atoms with Gasteiger partial charge in [-0.2, -0.15) is 11.8 Å². The van der Waals surface area contributed by atoms with Crippen LogP contribution in [0.3, 0.4) is 0 Å². The van der Waals surface area contributed by atoms with Crippen molar-refractivity contribution in [2.24, 2.45) is 11.5 Å². The van der Waals surface area contributed by atoms with Crippen molar-refractivity contribution < 1.29 is 34.2 Å². The second-order valence-corrected chi connectivity index (χ2v) is 10.3. The van der Waals surface area contributed by atoms with Crippen molar-refractivity contribution >= 4 is 52.3 Å². The molecule has 220 valence electrons. The highest BCUT2D eigenvalue weighted by atomic mass is 32.2. The van der Waals surface area contributed by atoms with Gasteiger partial charge in [-0.25, -0.2) is 4.79 Å². The summed E-state index contributed by atoms with van der Waals surface area (Å²) in [4.78, 5) is 65.1. The quantitative estimate of drug-likeness (QED) is 0.110. The first-order valence-electron chi connectivity index (χ1n) is 12.9. The van der Waals surface area contributed by atoms with Gasteiger partial charge in [-0.15, -0.1) is 0 Å². The maximum atomic E-state index is 13.4. The Morgan fingerprint density at radius 1 is 0.925 bits per heavy atom. The molecule has 0 aliphatic carbocycles. The Labute approximate surface area is 236 Å². The standard InChI is InChI=1S/C26H38N6O7S/c1-40-11-9-20(26(38)39)31-25(37)21(12-15-14-29-18-7-3-2-6-16(15)18)32-24(36)19(8-4-5-10-27)30-23(35)17(28)13-22(33)34/h2-3,6-7,14,17,19-21,29H,4-5,8-13,27-28H2,1H3,(H,30,35)(H,31,37)(H,32,36)(H,33,34)(H,38,39). The number of carboxylic acid groups (broad SMARTS) is 2. The van der Waals surface area contributed by atoms with Crippen LogP contribution in [-0.2, 0) is 30.4 Å². The average Bonchev–Trinajstić information content (AvgIpc) is 3.32. The summed E-state index contributed by atoms with van der Waals surface area (Å²) in [6, 6.07) is 2.57. The largest absolute Gasteiger partial charge is 0.481 e. The number of aromatic amines is 1. The molecular weight excluding hydrogens is 540 g/mol. The molecule has 2 aromatic rings. The molecule has 0 radical (unpaired) electrons. The van der Waals surface area contributed by atoms with Crippen molar-refractivity contribution in [3.63, 3.8) is 0 Å². The summed E-state index contributed by atoms with van der Waals surface area (Å²) >= 11 is 1.44. The normalized spacial score (nSPS) is 14.1. The molecule has 1 heterocycles.